The second-order valence-corrected chi connectivity index (χ2v) is 6.27. The Kier molecular flexibility index (Phi) is 7.00. The number of hydrogen-bond donors (Lipinski definition) is 2. The summed E-state index contributed by atoms with van der Waals surface area (Å²) in [4.78, 5) is 25.8. The SMILES string of the molecule is CNC(=O)c1cccc(NC(=O)CN(C)Cc2cc(Cl)ccc2OC)c1. The van der Waals surface area contributed by atoms with E-state index in [1.807, 2.05) is 18.0 Å². The summed E-state index contributed by atoms with van der Waals surface area (Å²) in [7, 11) is 4.99. The van der Waals surface area contributed by atoms with Crippen LogP contribution in [-0.2, 0) is 11.3 Å². The van der Waals surface area contributed by atoms with Crippen LogP contribution in [0.15, 0.2) is 42.5 Å². The van der Waals surface area contributed by atoms with E-state index < -0.39 is 0 Å². The second-order valence-electron chi connectivity index (χ2n) is 5.84. The van der Waals surface area contributed by atoms with Crippen LogP contribution in [0.1, 0.15) is 15.9 Å². The fraction of sp³-hybridized carbons (Fsp3) is 0.263. The molecule has 0 aliphatic rings. The third-order valence-corrected chi connectivity index (χ3v) is 3.97. The van der Waals surface area contributed by atoms with E-state index in [2.05, 4.69) is 10.6 Å². The van der Waals surface area contributed by atoms with Gasteiger partial charge in [0.1, 0.15) is 5.75 Å². The van der Waals surface area contributed by atoms with Gasteiger partial charge >= 0.3 is 0 Å². The van der Waals surface area contributed by atoms with Gasteiger partial charge in [0.15, 0.2) is 0 Å². The van der Waals surface area contributed by atoms with Crippen LogP contribution in [0.25, 0.3) is 0 Å². The number of benzene rings is 2. The van der Waals surface area contributed by atoms with E-state index in [0.717, 1.165) is 11.3 Å². The number of nitrogens with zero attached hydrogens (tertiary/aromatic N) is 1. The van der Waals surface area contributed by atoms with Crippen molar-refractivity contribution in [1.82, 2.24) is 10.2 Å². The summed E-state index contributed by atoms with van der Waals surface area (Å²) >= 11 is 6.04. The molecule has 0 fully saturated rings. The molecular formula is C19H22ClN3O3. The Morgan fingerprint density at radius 3 is 2.65 bits per heavy atom. The monoisotopic (exact) mass is 375 g/mol. The van der Waals surface area contributed by atoms with E-state index in [0.29, 0.717) is 22.8 Å². The third kappa shape index (κ3) is 5.47. The maximum absolute atomic E-state index is 12.3. The zero-order valence-corrected chi connectivity index (χ0v) is 15.8. The normalized spacial score (nSPS) is 10.5. The van der Waals surface area contributed by atoms with Crippen molar-refractivity contribution in [3.8, 4) is 5.75 Å². The molecule has 2 N–H and O–H groups in total. The smallest absolute Gasteiger partial charge is 0.251 e. The highest BCUT2D eigenvalue weighted by Crippen LogP contribution is 2.23. The van der Waals surface area contributed by atoms with Gasteiger partial charge in [-0.05, 0) is 43.4 Å². The molecule has 2 aromatic carbocycles. The van der Waals surface area contributed by atoms with Gasteiger partial charge in [0.2, 0.25) is 5.91 Å². The number of hydrogen-bond acceptors (Lipinski definition) is 4. The lowest BCUT2D eigenvalue weighted by Gasteiger charge is -2.18. The van der Waals surface area contributed by atoms with Crippen molar-refractivity contribution < 1.29 is 14.3 Å². The molecule has 2 aromatic rings. The number of amides is 2. The highest BCUT2D eigenvalue weighted by molar-refractivity contribution is 6.30. The van der Waals surface area contributed by atoms with Crippen LogP contribution in [0.5, 0.6) is 5.75 Å². The lowest BCUT2D eigenvalue weighted by molar-refractivity contribution is -0.117. The number of halogens is 1. The maximum Gasteiger partial charge on any atom is 0.251 e. The largest absolute Gasteiger partial charge is 0.496 e. The fourth-order valence-corrected chi connectivity index (χ4v) is 2.74. The average molecular weight is 376 g/mol. The van der Waals surface area contributed by atoms with Gasteiger partial charge in [-0.15, -0.1) is 0 Å². The van der Waals surface area contributed by atoms with Gasteiger partial charge in [0.05, 0.1) is 13.7 Å². The Bertz CT molecular complexity index is 795. The number of carbonyl (C=O) groups excluding carboxylic acids is 2. The first-order valence-corrected chi connectivity index (χ1v) is 8.43. The van der Waals surface area contributed by atoms with Crippen molar-refractivity contribution in [2.75, 3.05) is 33.1 Å². The van der Waals surface area contributed by atoms with Crippen LogP contribution in [0, 0.1) is 0 Å². The molecule has 0 aliphatic heterocycles. The van der Waals surface area contributed by atoms with E-state index in [1.165, 1.54) is 0 Å². The zero-order chi connectivity index (χ0) is 19.1. The van der Waals surface area contributed by atoms with Gasteiger partial charge in [-0.3, -0.25) is 14.5 Å². The number of likely N-dealkylation sites (N-methyl/N-ethyl adjacent to an activating group) is 1. The Hall–Kier alpha value is -2.57. The van der Waals surface area contributed by atoms with Gasteiger partial charge in [-0.1, -0.05) is 17.7 Å². The third-order valence-electron chi connectivity index (χ3n) is 3.73. The molecule has 2 amide bonds. The average Bonchev–Trinajstić information content (AvgIpc) is 2.61. The van der Waals surface area contributed by atoms with Gasteiger partial charge in [0.25, 0.3) is 5.91 Å². The Balaban J connectivity index is 1.97. The molecule has 0 radical (unpaired) electrons. The minimum Gasteiger partial charge on any atom is -0.496 e. The van der Waals surface area contributed by atoms with E-state index in [9.17, 15) is 9.59 Å². The standard InChI is InChI=1S/C19H22ClN3O3/c1-21-19(25)13-5-4-6-16(10-13)22-18(24)12-23(2)11-14-9-15(20)7-8-17(14)26-3/h4-10H,11-12H2,1-3H3,(H,21,25)(H,22,24). The van der Waals surface area contributed by atoms with Crippen molar-refractivity contribution in [3.05, 3.63) is 58.6 Å². The lowest BCUT2D eigenvalue weighted by Crippen LogP contribution is -2.30. The van der Waals surface area contributed by atoms with Gasteiger partial charge < -0.3 is 15.4 Å². The number of nitrogens with one attached hydrogen (secondary N) is 2. The highest BCUT2D eigenvalue weighted by atomic mass is 35.5. The zero-order valence-electron chi connectivity index (χ0n) is 15.0. The Labute approximate surface area is 158 Å². The molecule has 7 heteroatoms. The number of anilines is 1. The Morgan fingerprint density at radius 1 is 1.19 bits per heavy atom. The number of rotatable bonds is 7. The summed E-state index contributed by atoms with van der Waals surface area (Å²) in [5.41, 5.74) is 1.96. The van der Waals surface area contributed by atoms with Gasteiger partial charge in [-0.2, -0.15) is 0 Å². The van der Waals surface area contributed by atoms with Crippen molar-refractivity contribution in [2.45, 2.75) is 6.54 Å². The molecule has 26 heavy (non-hydrogen) atoms. The first-order chi connectivity index (χ1) is 12.4. The predicted octanol–water partition coefficient (Wildman–Crippen LogP) is 2.78. The second kappa shape index (κ2) is 9.22. The highest BCUT2D eigenvalue weighted by Gasteiger charge is 2.12. The van der Waals surface area contributed by atoms with Crippen molar-refractivity contribution in [3.63, 3.8) is 0 Å². The molecule has 0 spiro atoms. The predicted molar refractivity (Wildman–Crippen MR) is 103 cm³/mol. The molecule has 0 saturated carbocycles. The number of carbonyl (C=O) groups is 2. The number of ether oxygens (including phenoxy) is 1. The molecule has 2 rings (SSSR count). The van der Waals surface area contributed by atoms with Crippen molar-refractivity contribution >= 4 is 29.1 Å². The summed E-state index contributed by atoms with van der Waals surface area (Å²) in [5, 5.41) is 5.97. The summed E-state index contributed by atoms with van der Waals surface area (Å²) < 4.78 is 5.32. The van der Waals surface area contributed by atoms with Crippen LogP contribution >= 0.6 is 11.6 Å². The summed E-state index contributed by atoms with van der Waals surface area (Å²) in [5.74, 6) is 0.341. The molecule has 0 heterocycles. The topological polar surface area (TPSA) is 70.7 Å². The van der Waals surface area contributed by atoms with E-state index in [-0.39, 0.29) is 18.4 Å². The molecule has 6 nitrogen and oxygen atoms in total. The molecule has 0 aromatic heterocycles. The molecule has 0 bridgehead atoms. The summed E-state index contributed by atoms with van der Waals surface area (Å²) in [6, 6.07) is 12.2. The number of methoxy groups -OCH3 is 1. The molecular weight excluding hydrogens is 354 g/mol. The van der Waals surface area contributed by atoms with E-state index in [1.54, 1.807) is 50.6 Å². The van der Waals surface area contributed by atoms with Crippen molar-refractivity contribution in [1.29, 1.82) is 0 Å². The molecule has 0 atom stereocenters. The van der Waals surface area contributed by atoms with Gasteiger partial charge in [0, 0.05) is 35.4 Å². The molecule has 0 unspecified atom stereocenters. The minimum absolute atomic E-state index is 0.178. The first kappa shape index (κ1) is 19.8. The summed E-state index contributed by atoms with van der Waals surface area (Å²) in [6.45, 7) is 0.690. The van der Waals surface area contributed by atoms with Crippen LogP contribution in [0.3, 0.4) is 0 Å². The van der Waals surface area contributed by atoms with Crippen LogP contribution < -0.4 is 15.4 Å². The first-order valence-electron chi connectivity index (χ1n) is 8.06. The molecule has 0 saturated heterocycles. The van der Waals surface area contributed by atoms with Crippen molar-refractivity contribution in [2.24, 2.45) is 0 Å². The van der Waals surface area contributed by atoms with Crippen LogP contribution in [-0.4, -0.2) is 44.5 Å². The van der Waals surface area contributed by atoms with E-state index >= 15 is 0 Å². The minimum atomic E-state index is -0.203. The van der Waals surface area contributed by atoms with Crippen LogP contribution in [0.2, 0.25) is 5.02 Å². The maximum atomic E-state index is 12.3. The lowest BCUT2D eigenvalue weighted by atomic mass is 10.2. The molecule has 0 aliphatic carbocycles. The fourth-order valence-electron chi connectivity index (χ4n) is 2.55. The quantitative estimate of drug-likeness (QED) is 0.780. The summed E-state index contributed by atoms with van der Waals surface area (Å²) in [6.07, 6.45) is 0. The Morgan fingerprint density at radius 2 is 1.96 bits per heavy atom. The van der Waals surface area contributed by atoms with E-state index in [4.69, 9.17) is 16.3 Å². The molecule has 138 valence electrons. The van der Waals surface area contributed by atoms with Gasteiger partial charge in [-0.25, -0.2) is 0 Å². The van der Waals surface area contributed by atoms with Crippen LogP contribution in [0.4, 0.5) is 5.69 Å².